The van der Waals surface area contributed by atoms with E-state index in [2.05, 4.69) is 51.2 Å². The summed E-state index contributed by atoms with van der Waals surface area (Å²) in [6, 6.07) is 13.9. The maximum absolute atomic E-state index is 12.7. The fourth-order valence-corrected chi connectivity index (χ4v) is 3.12. The van der Waals surface area contributed by atoms with Crippen molar-refractivity contribution in [1.82, 2.24) is 5.32 Å². The summed E-state index contributed by atoms with van der Waals surface area (Å²) in [5.74, 6) is 1.42. The predicted molar refractivity (Wildman–Crippen MR) is 114 cm³/mol. The van der Waals surface area contributed by atoms with Gasteiger partial charge in [0.2, 0.25) is 0 Å². The topological polar surface area (TPSA) is 47.6 Å². The van der Waals surface area contributed by atoms with E-state index in [9.17, 15) is 4.79 Å². The molecule has 0 aliphatic carbocycles. The largest absolute Gasteiger partial charge is 0.496 e. The molecule has 0 saturated heterocycles. The molecule has 2 aromatic rings. The van der Waals surface area contributed by atoms with Crippen LogP contribution in [0.15, 0.2) is 42.5 Å². The fraction of sp³-hybridized carbons (Fsp3) is 0.458. The lowest BCUT2D eigenvalue weighted by Gasteiger charge is -2.22. The lowest BCUT2D eigenvalue weighted by Crippen LogP contribution is -2.38. The Balaban J connectivity index is 2.02. The first kappa shape index (κ1) is 21.8. The van der Waals surface area contributed by atoms with E-state index < -0.39 is 6.10 Å². The van der Waals surface area contributed by atoms with Crippen molar-refractivity contribution < 1.29 is 14.3 Å². The van der Waals surface area contributed by atoms with Crippen LogP contribution in [-0.4, -0.2) is 19.1 Å². The summed E-state index contributed by atoms with van der Waals surface area (Å²) in [7, 11) is 1.66. The average molecular weight is 384 g/mol. The Hall–Kier alpha value is -2.49. The number of rotatable bonds is 7. The van der Waals surface area contributed by atoms with Crippen molar-refractivity contribution in [3.05, 3.63) is 59.2 Å². The molecule has 2 aromatic carbocycles. The van der Waals surface area contributed by atoms with Crippen molar-refractivity contribution in [3.63, 3.8) is 0 Å². The Kier molecular flexibility index (Phi) is 7.11. The first-order valence-corrected chi connectivity index (χ1v) is 9.87. The maximum Gasteiger partial charge on any atom is 0.261 e. The Bertz CT molecular complexity index is 790. The van der Waals surface area contributed by atoms with Crippen molar-refractivity contribution in [1.29, 1.82) is 0 Å². The van der Waals surface area contributed by atoms with Crippen molar-refractivity contribution in [2.24, 2.45) is 0 Å². The van der Waals surface area contributed by atoms with E-state index in [1.165, 1.54) is 5.56 Å². The van der Waals surface area contributed by atoms with Gasteiger partial charge in [0.1, 0.15) is 11.5 Å². The third kappa shape index (κ3) is 5.51. The summed E-state index contributed by atoms with van der Waals surface area (Å²) in [4.78, 5) is 12.7. The SMILES string of the molecule is CCC(NC(=O)C(C)Oc1ccc(C(C)(C)C)cc1)c1ccc(OC)c(C)c1. The van der Waals surface area contributed by atoms with Crippen LogP contribution in [0.1, 0.15) is 63.8 Å². The first-order chi connectivity index (χ1) is 13.2. The minimum atomic E-state index is -0.575. The molecule has 28 heavy (non-hydrogen) atoms. The van der Waals surface area contributed by atoms with Gasteiger partial charge in [0.15, 0.2) is 6.10 Å². The zero-order valence-corrected chi connectivity index (χ0v) is 18.1. The van der Waals surface area contributed by atoms with Crippen LogP contribution in [0.3, 0.4) is 0 Å². The monoisotopic (exact) mass is 383 g/mol. The van der Waals surface area contributed by atoms with Crippen molar-refractivity contribution in [2.75, 3.05) is 7.11 Å². The second-order valence-electron chi connectivity index (χ2n) is 8.23. The first-order valence-electron chi connectivity index (χ1n) is 9.87. The summed E-state index contributed by atoms with van der Waals surface area (Å²) in [5, 5.41) is 3.10. The molecule has 2 unspecified atom stereocenters. The average Bonchev–Trinajstić information content (AvgIpc) is 2.65. The number of hydrogen-bond donors (Lipinski definition) is 1. The third-order valence-electron chi connectivity index (χ3n) is 4.95. The summed E-state index contributed by atoms with van der Waals surface area (Å²) in [6.07, 6.45) is 0.221. The van der Waals surface area contributed by atoms with E-state index in [1.807, 2.05) is 31.2 Å². The molecule has 0 bridgehead atoms. The van der Waals surface area contributed by atoms with Gasteiger partial charge in [-0.2, -0.15) is 0 Å². The number of carbonyl (C=O) groups is 1. The lowest BCUT2D eigenvalue weighted by molar-refractivity contribution is -0.128. The molecular formula is C24H33NO3. The molecule has 0 fully saturated rings. The second kappa shape index (κ2) is 9.13. The summed E-state index contributed by atoms with van der Waals surface area (Å²) >= 11 is 0. The number of carbonyl (C=O) groups excluding carboxylic acids is 1. The van der Waals surface area contributed by atoms with Crippen LogP contribution in [0.5, 0.6) is 11.5 Å². The van der Waals surface area contributed by atoms with Gasteiger partial charge < -0.3 is 14.8 Å². The highest BCUT2D eigenvalue weighted by atomic mass is 16.5. The highest BCUT2D eigenvalue weighted by Gasteiger charge is 2.20. The fourth-order valence-electron chi connectivity index (χ4n) is 3.12. The Morgan fingerprint density at radius 3 is 2.25 bits per heavy atom. The third-order valence-corrected chi connectivity index (χ3v) is 4.95. The molecule has 152 valence electrons. The molecule has 2 atom stereocenters. The van der Waals surface area contributed by atoms with Crippen LogP contribution in [-0.2, 0) is 10.2 Å². The normalized spacial score (nSPS) is 13.5. The number of amides is 1. The van der Waals surface area contributed by atoms with Crippen LogP contribution < -0.4 is 14.8 Å². The van der Waals surface area contributed by atoms with Gasteiger partial charge in [0.25, 0.3) is 5.91 Å². The van der Waals surface area contributed by atoms with Crippen molar-refractivity contribution in [2.45, 2.75) is 65.5 Å². The molecule has 0 heterocycles. The lowest BCUT2D eigenvalue weighted by atomic mass is 9.87. The minimum absolute atomic E-state index is 0.0635. The zero-order chi connectivity index (χ0) is 20.9. The number of benzene rings is 2. The van der Waals surface area contributed by atoms with Crippen LogP contribution in [0.4, 0.5) is 0 Å². The number of methoxy groups -OCH3 is 1. The summed E-state index contributed by atoms with van der Waals surface area (Å²) in [6.45, 7) is 12.4. The minimum Gasteiger partial charge on any atom is -0.496 e. The highest BCUT2D eigenvalue weighted by molar-refractivity contribution is 5.81. The molecule has 0 saturated carbocycles. The van der Waals surface area contributed by atoms with E-state index in [1.54, 1.807) is 14.0 Å². The van der Waals surface area contributed by atoms with Gasteiger partial charge in [0.05, 0.1) is 13.2 Å². The maximum atomic E-state index is 12.7. The summed E-state index contributed by atoms with van der Waals surface area (Å²) < 4.78 is 11.2. The molecular weight excluding hydrogens is 350 g/mol. The van der Waals surface area contributed by atoms with Gasteiger partial charge in [-0.05, 0) is 60.6 Å². The van der Waals surface area contributed by atoms with Gasteiger partial charge in [-0.25, -0.2) is 0 Å². The molecule has 0 aromatic heterocycles. The van der Waals surface area contributed by atoms with Crippen molar-refractivity contribution >= 4 is 5.91 Å². The van der Waals surface area contributed by atoms with E-state index in [0.29, 0.717) is 5.75 Å². The quantitative estimate of drug-likeness (QED) is 0.702. The zero-order valence-electron chi connectivity index (χ0n) is 18.1. The Labute approximate surface area is 169 Å². The smallest absolute Gasteiger partial charge is 0.261 e. The van der Waals surface area contributed by atoms with Gasteiger partial charge in [-0.1, -0.05) is 52.0 Å². The van der Waals surface area contributed by atoms with Crippen molar-refractivity contribution in [3.8, 4) is 11.5 Å². The summed E-state index contributed by atoms with van der Waals surface area (Å²) in [5.41, 5.74) is 3.44. The van der Waals surface area contributed by atoms with Crippen LogP contribution in [0.25, 0.3) is 0 Å². The number of nitrogens with one attached hydrogen (secondary N) is 1. The number of ether oxygens (including phenoxy) is 2. The standard InChI is InChI=1S/C24H33NO3/c1-8-21(18-9-14-22(27-7)16(2)15-18)25-23(26)17(3)28-20-12-10-19(11-13-20)24(4,5)6/h9-15,17,21H,8H2,1-7H3,(H,25,26). The Morgan fingerprint density at radius 2 is 1.75 bits per heavy atom. The second-order valence-corrected chi connectivity index (χ2v) is 8.23. The molecule has 0 radical (unpaired) electrons. The van der Waals surface area contributed by atoms with Crippen LogP contribution >= 0.6 is 0 Å². The predicted octanol–water partition coefficient (Wildman–Crippen LogP) is 5.34. The number of hydrogen-bond acceptors (Lipinski definition) is 3. The van der Waals surface area contributed by atoms with Gasteiger partial charge >= 0.3 is 0 Å². The van der Waals surface area contributed by atoms with Gasteiger partial charge in [-0.15, -0.1) is 0 Å². The van der Waals surface area contributed by atoms with Crippen LogP contribution in [0.2, 0.25) is 0 Å². The molecule has 0 spiro atoms. The van der Waals surface area contributed by atoms with Crippen LogP contribution in [0, 0.1) is 6.92 Å². The molecule has 1 amide bonds. The molecule has 0 aliphatic rings. The molecule has 4 heteroatoms. The van der Waals surface area contributed by atoms with E-state index >= 15 is 0 Å². The molecule has 2 rings (SSSR count). The molecule has 0 aliphatic heterocycles. The van der Waals surface area contributed by atoms with E-state index in [4.69, 9.17) is 9.47 Å². The molecule has 4 nitrogen and oxygen atoms in total. The van der Waals surface area contributed by atoms with Gasteiger partial charge in [0, 0.05) is 0 Å². The highest BCUT2D eigenvalue weighted by Crippen LogP contribution is 2.26. The number of aryl methyl sites for hydroxylation is 1. The van der Waals surface area contributed by atoms with E-state index in [0.717, 1.165) is 23.3 Å². The Morgan fingerprint density at radius 1 is 1.11 bits per heavy atom. The van der Waals surface area contributed by atoms with Gasteiger partial charge in [-0.3, -0.25) is 4.79 Å². The molecule has 1 N–H and O–H groups in total. The van der Waals surface area contributed by atoms with E-state index in [-0.39, 0.29) is 17.4 Å².